The summed E-state index contributed by atoms with van der Waals surface area (Å²) in [5.74, 6) is 0.310. The summed E-state index contributed by atoms with van der Waals surface area (Å²) in [6.07, 6.45) is -0.345. The van der Waals surface area contributed by atoms with E-state index in [0.717, 1.165) is 5.69 Å². The minimum Gasteiger partial charge on any atom is -0.495 e. The van der Waals surface area contributed by atoms with Crippen molar-refractivity contribution >= 4 is 28.9 Å². The molecule has 2 atom stereocenters. The molecular weight excluding hydrogens is 354 g/mol. The number of methoxy groups -OCH3 is 1. The number of ether oxygens (including phenoxy) is 1. The third kappa shape index (κ3) is 4.08. The molecule has 1 fully saturated rings. The van der Waals surface area contributed by atoms with Crippen molar-refractivity contribution in [1.82, 2.24) is 16.4 Å². The predicted octanol–water partition coefficient (Wildman–Crippen LogP) is 2.32. The van der Waals surface area contributed by atoms with Gasteiger partial charge in [0, 0.05) is 10.7 Å². The molecule has 1 heterocycles. The highest BCUT2D eigenvalue weighted by molar-refractivity contribution is 6.31. The molecular formula is C18H22ClN5O2. The second-order valence-electron chi connectivity index (χ2n) is 6.15. The van der Waals surface area contributed by atoms with Crippen LogP contribution in [0.2, 0.25) is 5.02 Å². The Balaban J connectivity index is 1.72. The van der Waals surface area contributed by atoms with E-state index in [0.29, 0.717) is 16.5 Å². The highest BCUT2D eigenvalue weighted by Crippen LogP contribution is 2.28. The van der Waals surface area contributed by atoms with Crippen molar-refractivity contribution < 1.29 is 9.53 Å². The van der Waals surface area contributed by atoms with E-state index in [-0.39, 0.29) is 12.1 Å². The van der Waals surface area contributed by atoms with Crippen molar-refractivity contribution in [2.24, 2.45) is 0 Å². The summed E-state index contributed by atoms with van der Waals surface area (Å²) in [7, 11) is 1.54. The Morgan fingerprint density at radius 1 is 1.12 bits per heavy atom. The van der Waals surface area contributed by atoms with Crippen LogP contribution in [-0.2, 0) is 4.79 Å². The second-order valence-corrected chi connectivity index (χ2v) is 6.58. The minimum atomic E-state index is -0.555. The summed E-state index contributed by atoms with van der Waals surface area (Å²) in [5.41, 5.74) is 12.6. The van der Waals surface area contributed by atoms with Gasteiger partial charge in [0.2, 0.25) is 5.91 Å². The quantitative estimate of drug-likeness (QED) is 0.551. The molecule has 0 radical (unpaired) electrons. The number of hydrogen-bond acceptors (Lipinski definition) is 6. The molecule has 26 heavy (non-hydrogen) atoms. The molecule has 0 bridgehead atoms. The van der Waals surface area contributed by atoms with Crippen LogP contribution < -0.4 is 31.8 Å². The highest BCUT2D eigenvalue weighted by Gasteiger charge is 2.33. The van der Waals surface area contributed by atoms with E-state index in [1.54, 1.807) is 25.3 Å². The topological polar surface area (TPSA) is 86.5 Å². The van der Waals surface area contributed by atoms with Gasteiger partial charge in [-0.05, 0) is 55.3 Å². The van der Waals surface area contributed by atoms with Gasteiger partial charge in [0.25, 0.3) is 0 Å². The summed E-state index contributed by atoms with van der Waals surface area (Å²) in [6, 6.07) is 10.6. The molecule has 7 nitrogen and oxygen atoms in total. The number of amides is 1. The highest BCUT2D eigenvalue weighted by atomic mass is 35.5. The van der Waals surface area contributed by atoms with Crippen LogP contribution in [-0.4, -0.2) is 25.2 Å². The number of carbonyl (C=O) groups is 1. The summed E-state index contributed by atoms with van der Waals surface area (Å²) in [5, 5.41) is 6.68. The van der Waals surface area contributed by atoms with Crippen LogP contribution in [0.1, 0.15) is 11.1 Å². The van der Waals surface area contributed by atoms with Crippen molar-refractivity contribution in [2.75, 3.05) is 17.7 Å². The number of anilines is 2. The molecule has 5 N–H and O–H groups in total. The summed E-state index contributed by atoms with van der Waals surface area (Å²) in [4.78, 5) is 12.7. The largest absolute Gasteiger partial charge is 0.495 e. The predicted molar refractivity (Wildman–Crippen MR) is 103 cm³/mol. The number of carbonyl (C=O) groups excluding carboxylic acids is 1. The Morgan fingerprint density at radius 2 is 1.92 bits per heavy atom. The number of aryl methyl sites for hydroxylation is 2. The smallest absolute Gasteiger partial charge is 0.246 e. The molecule has 1 aliphatic rings. The summed E-state index contributed by atoms with van der Waals surface area (Å²) >= 11 is 6.02. The first kappa shape index (κ1) is 18.5. The van der Waals surface area contributed by atoms with Crippen LogP contribution in [0.5, 0.6) is 5.75 Å². The Hall–Kier alpha value is -2.32. The number of hydrazine groups is 2. The number of halogens is 1. The average molecular weight is 376 g/mol. The Labute approximate surface area is 157 Å². The fourth-order valence-electron chi connectivity index (χ4n) is 2.70. The standard InChI is InChI=1S/C18H22ClN5O2/c1-10-4-6-13(8-11(10)2)20-17-16(22-24-23-17)18(25)21-14-9-12(19)5-7-15(14)26-3/h4-9,16-17,20,22-24H,1-3H3,(H,21,25). The van der Waals surface area contributed by atoms with E-state index in [1.165, 1.54) is 11.1 Å². The molecule has 2 unspecified atom stereocenters. The van der Waals surface area contributed by atoms with Crippen molar-refractivity contribution in [3.8, 4) is 5.75 Å². The maximum absolute atomic E-state index is 12.7. The molecule has 0 spiro atoms. The molecule has 0 aliphatic carbocycles. The molecule has 0 saturated carbocycles. The first-order chi connectivity index (χ1) is 12.5. The molecule has 2 aromatic rings. The van der Waals surface area contributed by atoms with Crippen molar-refractivity contribution in [3.05, 3.63) is 52.5 Å². The SMILES string of the molecule is COc1ccc(Cl)cc1NC(=O)C1NNNC1Nc1ccc(C)c(C)c1. The van der Waals surface area contributed by atoms with Crippen LogP contribution >= 0.6 is 11.6 Å². The summed E-state index contributed by atoms with van der Waals surface area (Å²) < 4.78 is 5.27. The molecule has 1 saturated heterocycles. The van der Waals surface area contributed by atoms with E-state index >= 15 is 0 Å². The third-order valence-corrected chi connectivity index (χ3v) is 4.55. The second kappa shape index (κ2) is 7.92. The lowest BCUT2D eigenvalue weighted by molar-refractivity contribution is -0.118. The van der Waals surface area contributed by atoms with Gasteiger partial charge in [-0.3, -0.25) is 4.79 Å². The zero-order valence-electron chi connectivity index (χ0n) is 14.8. The first-order valence-electron chi connectivity index (χ1n) is 8.22. The first-order valence-corrected chi connectivity index (χ1v) is 8.60. The van der Waals surface area contributed by atoms with Gasteiger partial charge in [-0.25, -0.2) is 10.9 Å². The molecule has 1 amide bonds. The van der Waals surface area contributed by atoms with Gasteiger partial charge >= 0.3 is 0 Å². The van der Waals surface area contributed by atoms with E-state index in [2.05, 4.69) is 40.9 Å². The zero-order chi connectivity index (χ0) is 18.7. The van der Waals surface area contributed by atoms with E-state index in [9.17, 15) is 4.79 Å². The lowest BCUT2D eigenvalue weighted by Gasteiger charge is -2.21. The van der Waals surface area contributed by atoms with Crippen LogP contribution in [0.3, 0.4) is 0 Å². The normalized spacial score (nSPS) is 19.2. The van der Waals surface area contributed by atoms with E-state index < -0.39 is 6.04 Å². The van der Waals surface area contributed by atoms with E-state index in [4.69, 9.17) is 16.3 Å². The Kier molecular flexibility index (Phi) is 5.63. The number of hydrogen-bond donors (Lipinski definition) is 5. The Bertz CT molecular complexity index is 814. The van der Waals surface area contributed by atoms with Gasteiger partial charge < -0.3 is 15.4 Å². The van der Waals surface area contributed by atoms with Gasteiger partial charge in [0.1, 0.15) is 18.0 Å². The maximum atomic E-state index is 12.7. The minimum absolute atomic E-state index is 0.232. The van der Waals surface area contributed by atoms with Crippen LogP contribution in [0, 0.1) is 13.8 Å². The van der Waals surface area contributed by atoms with Gasteiger partial charge in [0.15, 0.2) is 0 Å². The fraction of sp³-hybridized carbons (Fsp3) is 0.278. The van der Waals surface area contributed by atoms with Gasteiger partial charge in [0.05, 0.1) is 12.8 Å². The maximum Gasteiger partial charge on any atom is 0.246 e. The number of benzene rings is 2. The lowest BCUT2D eigenvalue weighted by Crippen LogP contribution is -2.48. The average Bonchev–Trinajstić information content (AvgIpc) is 3.06. The monoisotopic (exact) mass is 375 g/mol. The van der Waals surface area contributed by atoms with Crippen LogP contribution in [0.15, 0.2) is 36.4 Å². The van der Waals surface area contributed by atoms with Crippen molar-refractivity contribution in [3.63, 3.8) is 0 Å². The fourth-order valence-corrected chi connectivity index (χ4v) is 2.87. The summed E-state index contributed by atoms with van der Waals surface area (Å²) in [6.45, 7) is 4.11. The van der Waals surface area contributed by atoms with Crippen molar-refractivity contribution in [1.29, 1.82) is 0 Å². The van der Waals surface area contributed by atoms with Crippen LogP contribution in [0.25, 0.3) is 0 Å². The third-order valence-electron chi connectivity index (χ3n) is 4.32. The van der Waals surface area contributed by atoms with Crippen molar-refractivity contribution in [2.45, 2.75) is 26.1 Å². The molecule has 3 rings (SSSR count). The number of nitrogens with one attached hydrogen (secondary N) is 5. The molecule has 1 aliphatic heterocycles. The van der Waals surface area contributed by atoms with E-state index in [1.807, 2.05) is 18.2 Å². The zero-order valence-corrected chi connectivity index (χ0v) is 15.6. The van der Waals surface area contributed by atoms with Gasteiger partial charge in [-0.2, -0.15) is 5.53 Å². The molecule has 8 heteroatoms. The number of rotatable bonds is 5. The molecule has 2 aromatic carbocycles. The van der Waals surface area contributed by atoms with Gasteiger partial charge in [-0.1, -0.05) is 17.7 Å². The molecule has 0 aromatic heterocycles. The van der Waals surface area contributed by atoms with Gasteiger partial charge in [-0.15, -0.1) is 0 Å². The Morgan fingerprint density at radius 3 is 2.65 bits per heavy atom. The molecule has 138 valence electrons. The van der Waals surface area contributed by atoms with Crippen LogP contribution in [0.4, 0.5) is 11.4 Å². The lowest BCUT2D eigenvalue weighted by atomic mass is 10.1.